The summed E-state index contributed by atoms with van der Waals surface area (Å²) >= 11 is 1.88. The molecule has 0 radical (unpaired) electrons. The second-order valence-corrected chi connectivity index (χ2v) is 11.6. The number of nitriles is 1. The molecular weight excluding hydrogens is 575 g/mol. The summed E-state index contributed by atoms with van der Waals surface area (Å²) in [6.45, 7) is 3.32. The van der Waals surface area contributed by atoms with Crippen molar-refractivity contribution in [2.45, 2.75) is 29.9 Å². The van der Waals surface area contributed by atoms with Gasteiger partial charge in [-0.15, -0.1) is 11.3 Å². The predicted octanol–water partition coefficient (Wildman–Crippen LogP) is 5.84. The zero-order valence-corrected chi connectivity index (χ0v) is 22.6. The van der Waals surface area contributed by atoms with E-state index in [2.05, 4.69) is 20.2 Å². The van der Waals surface area contributed by atoms with Gasteiger partial charge in [-0.05, 0) is 55.6 Å². The molecule has 9 nitrogen and oxygen atoms in total. The van der Waals surface area contributed by atoms with Crippen LogP contribution in [0.4, 0.5) is 24.7 Å². The Kier molecular flexibility index (Phi) is 8.00. The van der Waals surface area contributed by atoms with E-state index in [1.165, 1.54) is 35.6 Å². The lowest BCUT2D eigenvalue weighted by molar-refractivity contribution is -0.138. The molecule has 0 saturated heterocycles. The number of thioether (sulfide) groups is 1. The number of thiophene rings is 1. The van der Waals surface area contributed by atoms with E-state index in [0.29, 0.717) is 27.9 Å². The first kappa shape index (κ1) is 28.1. The largest absolute Gasteiger partial charge is 0.417 e. The number of carbonyl (C=O) groups excluding carboxylic acids is 1. The van der Waals surface area contributed by atoms with E-state index in [-0.39, 0.29) is 32.9 Å². The number of carbonyl (C=O) groups is 1. The van der Waals surface area contributed by atoms with Crippen molar-refractivity contribution in [2.75, 3.05) is 15.8 Å². The van der Waals surface area contributed by atoms with E-state index in [0.717, 1.165) is 6.07 Å². The summed E-state index contributed by atoms with van der Waals surface area (Å²) in [5.74, 6) is -0.954. The molecule has 15 heteroatoms. The topological polar surface area (TPSA) is 138 Å². The number of aryl methyl sites for hydroxylation is 1. The number of benzene rings is 1. The van der Waals surface area contributed by atoms with E-state index < -0.39 is 33.2 Å². The number of amides is 1. The highest BCUT2D eigenvalue weighted by molar-refractivity contribution is 8.00. The lowest BCUT2D eigenvalue weighted by Gasteiger charge is -2.13. The normalized spacial score (nSPS) is 11.7. The molecule has 4 aromatic rings. The van der Waals surface area contributed by atoms with Crippen molar-refractivity contribution in [1.82, 2.24) is 10.1 Å². The van der Waals surface area contributed by atoms with Gasteiger partial charge in [-0.3, -0.25) is 4.79 Å². The summed E-state index contributed by atoms with van der Waals surface area (Å²) in [7, 11) is -3.99. The van der Waals surface area contributed by atoms with Crippen molar-refractivity contribution in [2.24, 2.45) is 0 Å². The number of pyridine rings is 1. The van der Waals surface area contributed by atoms with E-state index in [9.17, 15) is 31.6 Å². The monoisotopic (exact) mass is 593 g/mol. The third-order valence-electron chi connectivity index (χ3n) is 5.35. The molecule has 0 bridgehead atoms. The van der Waals surface area contributed by atoms with Crippen molar-refractivity contribution in [3.63, 3.8) is 0 Å². The van der Waals surface area contributed by atoms with Crippen molar-refractivity contribution in [3.8, 4) is 16.6 Å². The van der Waals surface area contributed by atoms with Gasteiger partial charge >= 0.3 is 6.18 Å². The van der Waals surface area contributed by atoms with Crippen LogP contribution in [0.2, 0.25) is 0 Å². The molecule has 0 aliphatic rings. The lowest BCUT2D eigenvalue weighted by atomic mass is 10.1. The van der Waals surface area contributed by atoms with Gasteiger partial charge < -0.3 is 9.84 Å². The van der Waals surface area contributed by atoms with Gasteiger partial charge in [0.15, 0.2) is 0 Å². The number of alkyl halides is 3. The summed E-state index contributed by atoms with van der Waals surface area (Å²) < 4.78 is 73.5. The number of sulfonamides is 1. The number of anilines is 2. The van der Waals surface area contributed by atoms with Gasteiger partial charge in [-0.1, -0.05) is 23.0 Å². The summed E-state index contributed by atoms with van der Waals surface area (Å²) in [6.07, 6.45) is -4.79. The summed E-state index contributed by atoms with van der Waals surface area (Å²) in [5, 5.41) is 17.1. The molecule has 0 unspecified atom stereocenters. The molecule has 4 rings (SSSR count). The van der Waals surface area contributed by atoms with Crippen molar-refractivity contribution < 1.29 is 30.9 Å². The van der Waals surface area contributed by atoms with E-state index in [1.54, 1.807) is 37.4 Å². The van der Waals surface area contributed by atoms with Gasteiger partial charge in [-0.25, -0.2) is 18.1 Å². The maximum Gasteiger partial charge on any atom is 0.417 e. The van der Waals surface area contributed by atoms with Crippen molar-refractivity contribution in [3.05, 3.63) is 70.2 Å². The zero-order valence-electron chi connectivity index (χ0n) is 20.2. The maximum atomic E-state index is 13.7. The molecule has 3 aromatic heterocycles. The number of nitrogens with one attached hydrogen (secondary N) is 2. The lowest BCUT2D eigenvalue weighted by Crippen LogP contribution is -2.16. The number of aromatic nitrogens is 2. The third-order valence-corrected chi connectivity index (χ3v) is 8.56. The molecule has 0 saturated carbocycles. The summed E-state index contributed by atoms with van der Waals surface area (Å²) in [4.78, 5) is 17.1. The SMILES string of the molecule is Cc1noc(NS(=O)(=O)c2ccc(NC(=O)CSc3nc(-c4cccs4)cc(C(F)(F)F)c3C#N)cc2)c1C. The molecule has 1 amide bonds. The fourth-order valence-corrected chi connectivity index (χ4v) is 5.78. The first-order valence-corrected chi connectivity index (χ1v) is 14.3. The van der Waals surface area contributed by atoms with Crippen LogP contribution in [0.1, 0.15) is 22.4 Å². The number of nitrogens with zero attached hydrogens (tertiary/aromatic N) is 3. The third kappa shape index (κ3) is 6.41. The predicted molar refractivity (Wildman–Crippen MR) is 140 cm³/mol. The Bertz CT molecular complexity index is 1660. The Hall–Kier alpha value is -3.87. The van der Waals surface area contributed by atoms with E-state index in [1.807, 2.05) is 0 Å². The van der Waals surface area contributed by atoms with E-state index >= 15 is 0 Å². The molecule has 0 aliphatic heterocycles. The van der Waals surface area contributed by atoms with Crippen LogP contribution in [0.25, 0.3) is 10.6 Å². The van der Waals surface area contributed by atoms with Crippen LogP contribution in [-0.2, 0) is 21.0 Å². The van der Waals surface area contributed by atoms with Crippen LogP contribution in [0, 0.1) is 25.2 Å². The Labute approximate surface area is 229 Å². The molecule has 39 heavy (non-hydrogen) atoms. The average Bonchev–Trinajstić information content (AvgIpc) is 3.53. The molecule has 2 N–H and O–H groups in total. The molecule has 1 aromatic carbocycles. The molecule has 202 valence electrons. The fourth-order valence-electron chi connectivity index (χ4n) is 3.25. The Morgan fingerprint density at radius 1 is 1.21 bits per heavy atom. The van der Waals surface area contributed by atoms with E-state index in [4.69, 9.17) is 4.52 Å². The highest BCUT2D eigenvalue weighted by atomic mass is 32.2. The second-order valence-electron chi connectivity index (χ2n) is 8.01. The molecule has 0 spiro atoms. The minimum absolute atomic E-state index is 0.0101. The molecule has 0 atom stereocenters. The van der Waals surface area contributed by atoms with Crippen LogP contribution in [0.15, 0.2) is 62.3 Å². The van der Waals surface area contributed by atoms with Crippen LogP contribution >= 0.6 is 23.1 Å². The second kappa shape index (κ2) is 11.1. The van der Waals surface area contributed by atoms with Gasteiger partial charge in [0.05, 0.1) is 38.0 Å². The van der Waals surface area contributed by atoms with Gasteiger partial charge in [-0.2, -0.15) is 18.4 Å². The van der Waals surface area contributed by atoms with Crippen molar-refractivity contribution in [1.29, 1.82) is 5.26 Å². The van der Waals surface area contributed by atoms with Crippen LogP contribution < -0.4 is 10.0 Å². The number of halogens is 3. The minimum atomic E-state index is -4.79. The Morgan fingerprint density at radius 3 is 2.49 bits per heavy atom. The number of hydrogen-bond acceptors (Lipinski definition) is 9. The fraction of sp³-hybridized carbons (Fsp3) is 0.167. The number of hydrogen-bond donors (Lipinski definition) is 2. The molecule has 0 fully saturated rings. The van der Waals surface area contributed by atoms with Gasteiger partial charge in [0.2, 0.25) is 11.8 Å². The standard InChI is InChI=1S/C24H18F3N5O4S3/c1-13-14(2)31-36-22(13)32-39(34,35)16-7-5-15(6-8-16)29-21(33)12-38-23-17(11-28)18(24(25,26)27)10-19(30-23)20-4-3-9-37-20/h3-10,32H,12H2,1-2H3,(H,29,33). The van der Waals surface area contributed by atoms with Gasteiger partial charge in [0.1, 0.15) is 11.1 Å². The molecule has 3 heterocycles. The Morgan fingerprint density at radius 2 is 1.92 bits per heavy atom. The number of rotatable bonds is 8. The Balaban J connectivity index is 1.47. The minimum Gasteiger partial charge on any atom is -0.337 e. The smallest absolute Gasteiger partial charge is 0.337 e. The highest BCUT2D eigenvalue weighted by Crippen LogP contribution is 2.38. The molecule has 0 aliphatic carbocycles. The van der Waals surface area contributed by atoms with Gasteiger partial charge in [0, 0.05) is 11.3 Å². The van der Waals surface area contributed by atoms with Gasteiger partial charge in [0.25, 0.3) is 10.0 Å². The van der Waals surface area contributed by atoms with Crippen LogP contribution in [-0.4, -0.2) is 30.2 Å². The zero-order chi connectivity index (χ0) is 28.4. The summed E-state index contributed by atoms with van der Waals surface area (Å²) in [5.41, 5.74) is -0.429. The van der Waals surface area contributed by atoms with Crippen LogP contribution in [0.5, 0.6) is 0 Å². The molecular formula is C24H18F3N5O4S3. The average molecular weight is 594 g/mol. The quantitative estimate of drug-likeness (QED) is 0.243. The maximum absolute atomic E-state index is 13.7. The van der Waals surface area contributed by atoms with Crippen molar-refractivity contribution >= 4 is 50.6 Å². The first-order chi connectivity index (χ1) is 18.4. The first-order valence-electron chi connectivity index (χ1n) is 10.9. The highest BCUT2D eigenvalue weighted by Gasteiger charge is 2.36. The van der Waals surface area contributed by atoms with Crippen LogP contribution in [0.3, 0.4) is 0 Å². The summed E-state index contributed by atoms with van der Waals surface area (Å²) in [6, 6.07) is 10.9.